The van der Waals surface area contributed by atoms with Gasteiger partial charge in [-0.1, -0.05) is 13.3 Å². The lowest BCUT2D eigenvalue weighted by molar-refractivity contribution is 0.0666. The van der Waals surface area contributed by atoms with Gasteiger partial charge in [-0.3, -0.25) is 14.5 Å². The maximum Gasteiger partial charge on any atom is 0.252 e. The molecule has 5 nitrogen and oxygen atoms in total. The van der Waals surface area contributed by atoms with E-state index >= 15 is 0 Å². The summed E-state index contributed by atoms with van der Waals surface area (Å²) in [5.41, 5.74) is 1.17. The van der Waals surface area contributed by atoms with Crippen LogP contribution >= 0.6 is 0 Å². The molecule has 1 atom stereocenters. The Balaban J connectivity index is 1.57. The fourth-order valence-electron chi connectivity index (χ4n) is 4.05. The van der Waals surface area contributed by atoms with Crippen LogP contribution in [0, 0.1) is 11.7 Å². The van der Waals surface area contributed by atoms with Gasteiger partial charge in [-0.15, -0.1) is 0 Å². The molecule has 0 aromatic heterocycles. The Hall–Kier alpha value is -2.73. The number of nitrogens with one attached hydrogen (secondary N) is 1. The van der Waals surface area contributed by atoms with Gasteiger partial charge in [0.2, 0.25) is 0 Å². The van der Waals surface area contributed by atoms with E-state index in [4.69, 9.17) is 4.74 Å². The number of amides is 1. The minimum Gasteiger partial charge on any atom is -0.494 e. The number of hydrogen-bond acceptors (Lipinski definition) is 4. The highest BCUT2D eigenvalue weighted by Gasteiger charge is 2.29. The summed E-state index contributed by atoms with van der Waals surface area (Å²) in [5.74, 6) is 0.316. The van der Waals surface area contributed by atoms with Gasteiger partial charge in [0.15, 0.2) is 5.78 Å². The van der Waals surface area contributed by atoms with Gasteiger partial charge in [-0.2, -0.15) is 0 Å². The van der Waals surface area contributed by atoms with E-state index in [1.165, 1.54) is 12.1 Å². The first-order valence-electron chi connectivity index (χ1n) is 11.1. The van der Waals surface area contributed by atoms with Crippen LogP contribution in [0.1, 0.15) is 60.2 Å². The van der Waals surface area contributed by atoms with E-state index in [0.717, 1.165) is 44.5 Å². The molecule has 0 saturated carbocycles. The summed E-state index contributed by atoms with van der Waals surface area (Å²) < 4.78 is 18.6. The molecule has 0 aliphatic carbocycles. The first-order chi connectivity index (χ1) is 15.0. The van der Waals surface area contributed by atoms with E-state index in [-0.39, 0.29) is 29.6 Å². The highest BCUT2D eigenvalue weighted by atomic mass is 19.1. The molecule has 1 N–H and O–H groups in total. The summed E-state index contributed by atoms with van der Waals surface area (Å²) in [6, 6.07) is 12.9. The third-order valence-electron chi connectivity index (χ3n) is 5.76. The average Bonchev–Trinajstić information content (AvgIpc) is 2.79. The number of ketones is 1. The van der Waals surface area contributed by atoms with Crippen LogP contribution in [0.25, 0.3) is 0 Å². The summed E-state index contributed by atoms with van der Waals surface area (Å²) in [6.07, 6.45) is 3.19. The van der Waals surface area contributed by atoms with E-state index in [1.807, 2.05) is 6.92 Å². The zero-order valence-electron chi connectivity index (χ0n) is 18.3. The maximum atomic E-state index is 13.1. The molecule has 2 aromatic carbocycles. The smallest absolute Gasteiger partial charge is 0.252 e. The second-order valence-electron chi connectivity index (χ2n) is 7.92. The number of Topliss-reactive ketones (excluding diaryl/α,β-unsaturated/α-hetero) is 1. The predicted octanol–water partition coefficient (Wildman–Crippen LogP) is 4.68. The van der Waals surface area contributed by atoms with Gasteiger partial charge in [0.1, 0.15) is 11.6 Å². The number of piperidine rings is 1. The Morgan fingerprint density at radius 2 is 1.65 bits per heavy atom. The SMILES string of the molecule is CCCC(NC(=O)c1ccc(OCC)cc1)N1CCC(C(=O)c2ccc(F)cc2)CC1. The van der Waals surface area contributed by atoms with Gasteiger partial charge in [-0.05, 0) is 74.7 Å². The second-order valence-corrected chi connectivity index (χ2v) is 7.92. The summed E-state index contributed by atoms with van der Waals surface area (Å²) in [4.78, 5) is 27.7. The number of nitrogens with zero attached hydrogens (tertiary/aromatic N) is 1. The second kappa shape index (κ2) is 11.0. The Kier molecular flexibility index (Phi) is 8.18. The fourth-order valence-corrected chi connectivity index (χ4v) is 4.05. The zero-order chi connectivity index (χ0) is 22.2. The molecule has 2 aromatic rings. The van der Waals surface area contributed by atoms with Crippen molar-refractivity contribution in [1.29, 1.82) is 0 Å². The van der Waals surface area contributed by atoms with E-state index in [1.54, 1.807) is 36.4 Å². The van der Waals surface area contributed by atoms with Crippen molar-refractivity contribution in [3.05, 3.63) is 65.5 Å². The van der Waals surface area contributed by atoms with Gasteiger partial charge < -0.3 is 10.1 Å². The van der Waals surface area contributed by atoms with Crippen molar-refractivity contribution < 1.29 is 18.7 Å². The van der Waals surface area contributed by atoms with E-state index in [2.05, 4.69) is 17.1 Å². The van der Waals surface area contributed by atoms with E-state index in [9.17, 15) is 14.0 Å². The molecule has 0 radical (unpaired) electrons. The van der Waals surface area contributed by atoms with Crippen molar-refractivity contribution in [2.24, 2.45) is 5.92 Å². The van der Waals surface area contributed by atoms with Gasteiger partial charge in [0.25, 0.3) is 5.91 Å². The van der Waals surface area contributed by atoms with Gasteiger partial charge in [0.05, 0.1) is 12.8 Å². The van der Waals surface area contributed by atoms with Crippen molar-refractivity contribution in [1.82, 2.24) is 10.2 Å². The largest absolute Gasteiger partial charge is 0.494 e. The quantitative estimate of drug-likeness (QED) is 0.592. The highest BCUT2D eigenvalue weighted by Crippen LogP contribution is 2.24. The molecule has 1 amide bonds. The Morgan fingerprint density at radius 3 is 2.23 bits per heavy atom. The van der Waals surface area contributed by atoms with Crippen molar-refractivity contribution in [3.8, 4) is 5.75 Å². The predicted molar refractivity (Wildman–Crippen MR) is 119 cm³/mol. The van der Waals surface area contributed by atoms with Crippen LogP contribution < -0.4 is 10.1 Å². The normalized spacial score (nSPS) is 16.0. The molecule has 1 fully saturated rings. The first-order valence-corrected chi connectivity index (χ1v) is 11.1. The van der Waals surface area contributed by atoms with E-state index in [0.29, 0.717) is 17.7 Å². The van der Waals surface area contributed by atoms with Crippen LogP contribution in [0.15, 0.2) is 48.5 Å². The number of carbonyl (C=O) groups excluding carboxylic acids is 2. The molecule has 0 spiro atoms. The molecular formula is C25H31FN2O3. The molecule has 0 bridgehead atoms. The molecule has 3 rings (SSSR count). The lowest BCUT2D eigenvalue weighted by Gasteiger charge is -2.37. The summed E-state index contributed by atoms with van der Waals surface area (Å²) in [5, 5.41) is 3.16. The molecule has 166 valence electrons. The maximum absolute atomic E-state index is 13.1. The van der Waals surface area contributed by atoms with Crippen LogP contribution in [-0.2, 0) is 0 Å². The molecule has 6 heteroatoms. The van der Waals surface area contributed by atoms with Gasteiger partial charge >= 0.3 is 0 Å². The van der Waals surface area contributed by atoms with E-state index < -0.39 is 0 Å². The third kappa shape index (κ3) is 6.14. The number of hydrogen-bond donors (Lipinski definition) is 1. The number of rotatable bonds is 9. The molecule has 31 heavy (non-hydrogen) atoms. The van der Waals surface area contributed by atoms with Crippen LogP contribution in [0.5, 0.6) is 5.75 Å². The number of likely N-dealkylation sites (tertiary alicyclic amines) is 1. The lowest BCUT2D eigenvalue weighted by atomic mass is 9.88. The standard InChI is InChI=1S/C25H31FN2O3/c1-3-5-23(27-25(30)20-8-12-22(13-9-20)31-4-2)28-16-14-19(15-17-28)24(29)18-6-10-21(26)11-7-18/h6-13,19,23H,3-5,14-17H2,1-2H3,(H,27,30). The fraction of sp³-hybridized carbons (Fsp3) is 0.440. The van der Waals surface area contributed by atoms with Crippen molar-refractivity contribution in [2.45, 2.75) is 45.7 Å². The van der Waals surface area contributed by atoms with Gasteiger partial charge in [0, 0.05) is 30.1 Å². The Labute approximate surface area is 183 Å². The molecular weight excluding hydrogens is 395 g/mol. The third-order valence-corrected chi connectivity index (χ3v) is 5.76. The number of carbonyl (C=O) groups is 2. The highest BCUT2D eigenvalue weighted by molar-refractivity contribution is 5.98. The van der Waals surface area contributed by atoms with Crippen molar-refractivity contribution >= 4 is 11.7 Å². The zero-order valence-corrected chi connectivity index (χ0v) is 18.3. The average molecular weight is 427 g/mol. The number of halogens is 1. The van der Waals surface area contributed by atoms with Gasteiger partial charge in [-0.25, -0.2) is 4.39 Å². The minimum atomic E-state index is -0.336. The first kappa shape index (κ1) is 22.9. The molecule has 1 aliphatic heterocycles. The Morgan fingerprint density at radius 1 is 1.03 bits per heavy atom. The van der Waals surface area contributed by atoms with Crippen LogP contribution in [0.4, 0.5) is 4.39 Å². The number of ether oxygens (including phenoxy) is 1. The van der Waals surface area contributed by atoms with Crippen molar-refractivity contribution in [3.63, 3.8) is 0 Å². The molecule has 1 unspecified atom stereocenters. The molecule has 1 aliphatic rings. The molecule has 1 heterocycles. The van der Waals surface area contributed by atoms with Crippen LogP contribution in [0.3, 0.4) is 0 Å². The summed E-state index contributed by atoms with van der Waals surface area (Å²) >= 11 is 0. The summed E-state index contributed by atoms with van der Waals surface area (Å²) in [7, 11) is 0. The topological polar surface area (TPSA) is 58.6 Å². The lowest BCUT2D eigenvalue weighted by Crippen LogP contribution is -2.51. The summed E-state index contributed by atoms with van der Waals surface area (Å²) in [6.45, 7) is 6.09. The van der Waals surface area contributed by atoms with Crippen LogP contribution in [-0.4, -0.2) is 42.5 Å². The van der Waals surface area contributed by atoms with Crippen LogP contribution in [0.2, 0.25) is 0 Å². The Bertz CT molecular complexity index is 859. The minimum absolute atomic E-state index is 0.0639. The monoisotopic (exact) mass is 426 g/mol. The van der Waals surface area contributed by atoms with Crippen molar-refractivity contribution in [2.75, 3.05) is 19.7 Å². The molecule has 1 saturated heterocycles. The number of benzene rings is 2.